The molecule has 2 aromatic rings. The number of imidazole rings is 1. The maximum atomic E-state index is 5.74. The van der Waals surface area contributed by atoms with Crippen molar-refractivity contribution in [1.82, 2.24) is 9.55 Å². The second-order valence-electron chi connectivity index (χ2n) is 4.83. The van der Waals surface area contributed by atoms with Crippen LogP contribution in [0, 0.1) is 5.92 Å². The molecule has 0 atom stereocenters. The molecule has 0 saturated heterocycles. The molecule has 1 aromatic heterocycles. The topological polar surface area (TPSA) is 43.8 Å². The maximum absolute atomic E-state index is 5.74. The van der Waals surface area contributed by atoms with E-state index >= 15 is 0 Å². The number of nitrogens with zero attached hydrogens (tertiary/aromatic N) is 2. The van der Waals surface area contributed by atoms with Crippen molar-refractivity contribution in [2.24, 2.45) is 5.92 Å². The van der Waals surface area contributed by atoms with E-state index < -0.39 is 0 Å². The molecule has 2 rings (SSSR count). The summed E-state index contributed by atoms with van der Waals surface area (Å²) < 4.78 is 1.94. The van der Waals surface area contributed by atoms with E-state index in [2.05, 4.69) is 43.1 Å². The van der Waals surface area contributed by atoms with Crippen molar-refractivity contribution in [3.05, 3.63) is 47.8 Å². The molecular weight excluding hydrogens is 210 g/mol. The molecule has 0 aliphatic carbocycles. The molecule has 1 aromatic carbocycles. The number of nitrogens with two attached hydrogens (primary N) is 1. The van der Waals surface area contributed by atoms with E-state index in [1.807, 2.05) is 10.8 Å². The summed E-state index contributed by atoms with van der Waals surface area (Å²) in [5.41, 5.74) is 8.38. The lowest BCUT2D eigenvalue weighted by atomic mass is 10.0. The first kappa shape index (κ1) is 11.7. The molecule has 0 unspecified atom stereocenters. The van der Waals surface area contributed by atoms with Crippen molar-refractivity contribution < 1.29 is 0 Å². The average molecular weight is 229 g/mol. The Morgan fingerprint density at radius 1 is 1.18 bits per heavy atom. The Balaban J connectivity index is 2.06. The Morgan fingerprint density at radius 3 is 2.35 bits per heavy atom. The third-order valence-electron chi connectivity index (χ3n) is 2.77. The number of hydrogen-bond acceptors (Lipinski definition) is 2. The van der Waals surface area contributed by atoms with Crippen LogP contribution in [0.25, 0.3) is 0 Å². The predicted molar refractivity (Wildman–Crippen MR) is 70.7 cm³/mol. The van der Waals surface area contributed by atoms with Crippen LogP contribution in [0.5, 0.6) is 0 Å². The second kappa shape index (κ2) is 5.04. The molecule has 0 bridgehead atoms. The van der Waals surface area contributed by atoms with E-state index in [4.69, 9.17) is 5.73 Å². The quantitative estimate of drug-likeness (QED) is 0.876. The van der Waals surface area contributed by atoms with E-state index in [1.54, 1.807) is 6.20 Å². The average Bonchev–Trinajstić information content (AvgIpc) is 2.67. The fraction of sp³-hybridized carbons (Fsp3) is 0.357. The van der Waals surface area contributed by atoms with E-state index in [0.29, 0.717) is 11.9 Å². The van der Waals surface area contributed by atoms with Gasteiger partial charge in [-0.25, -0.2) is 4.98 Å². The smallest absolute Gasteiger partial charge is 0.200 e. The second-order valence-corrected chi connectivity index (χ2v) is 4.83. The summed E-state index contributed by atoms with van der Waals surface area (Å²) >= 11 is 0. The number of rotatable bonds is 4. The third-order valence-corrected chi connectivity index (χ3v) is 2.77. The zero-order valence-corrected chi connectivity index (χ0v) is 10.4. The molecule has 90 valence electrons. The number of anilines is 1. The molecule has 0 amide bonds. The van der Waals surface area contributed by atoms with Crippen molar-refractivity contribution >= 4 is 5.95 Å². The third kappa shape index (κ3) is 3.09. The van der Waals surface area contributed by atoms with Crippen LogP contribution in [0.2, 0.25) is 0 Å². The summed E-state index contributed by atoms with van der Waals surface area (Å²) in [5, 5.41) is 0. The summed E-state index contributed by atoms with van der Waals surface area (Å²) in [6.45, 7) is 5.26. The van der Waals surface area contributed by atoms with Crippen molar-refractivity contribution in [3.63, 3.8) is 0 Å². The van der Waals surface area contributed by atoms with E-state index in [9.17, 15) is 0 Å². The van der Waals surface area contributed by atoms with Crippen LogP contribution in [0.4, 0.5) is 5.95 Å². The molecule has 3 heteroatoms. The molecule has 17 heavy (non-hydrogen) atoms. The first-order chi connectivity index (χ1) is 8.15. The molecule has 0 aliphatic heterocycles. The standard InChI is InChI=1S/C14H19N3/c1-11(2)9-12-3-5-13(6-4-12)10-17-8-7-16-14(17)15/h3-8,11H,9-10H2,1-2H3,(H2,15,16). The predicted octanol–water partition coefficient (Wildman–Crippen LogP) is 2.71. The van der Waals surface area contributed by atoms with Crippen LogP contribution in [-0.2, 0) is 13.0 Å². The Hall–Kier alpha value is -1.77. The first-order valence-corrected chi connectivity index (χ1v) is 5.99. The lowest BCUT2D eigenvalue weighted by Gasteiger charge is -2.08. The molecule has 2 N–H and O–H groups in total. The fourth-order valence-electron chi connectivity index (χ4n) is 1.92. The monoisotopic (exact) mass is 229 g/mol. The van der Waals surface area contributed by atoms with Gasteiger partial charge < -0.3 is 10.3 Å². The Bertz CT molecular complexity index is 468. The summed E-state index contributed by atoms with van der Waals surface area (Å²) in [4.78, 5) is 4.01. The number of aromatic nitrogens is 2. The van der Waals surface area contributed by atoms with Gasteiger partial charge in [-0.2, -0.15) is 0 Å². The highest BCUT2D eigenvalue weighted by Gasteiger charge is 2.01. The van der Waals surface area contributed by atoms with Gasteiger partial charge in [0.2, 0.25) is 0 Å². The molecule has 0 radical (unpaired) electrons. The Morgan fingerprint density at radius 2 is 1.82 bits per heavy atom. The summed E-state index contributed by atoms with van der Waals surface area (Å²) in [7, 11) is 0. The van der Waals surface area contributed by atoms with Crippen molar-refractivity contribution in [2.75, 3.05) is 5.73 Å². The van der Waals surface area contributed by atoms with Crippen LogP contribution in [-0.4, -0.2) is 9.55 Å². The molecule has 0 saturated carbocycles. The van der Waals surface area contributed by atoms with Crippen LogP contribution < -0.4 is 5.73 Å². The molecular formula is C14H19N3. The minimum absolute atomic E-state index is 0.566. The van der Waals surface area contributed by atoms with E-state index in [0.717, 1.165) is 13.0 Å². The summed E-state index contributed by atoms with van der Waals surface area (Å²) in [6.07, 6.45) is 4.76. The summed E-state index contributed by atoms with van der Waals surface area (Å²) in [6, 6.07) is 8.72. The number of benzene rings is 1. The van der Waals surface area contributed by atoms with Crippen LogP contribution in [0.3, 0.4) is 0 Å². The van der Waals surface area contributed by atoms with Crippen molar-refractivity contribution in [3.8, 4) is 0 Å². The van der Waals surface area contributed by atoms with Gasteiger partial charge in [-0.15, -0.1) is 0 Å². The molecule has 0 spiro atoms. The van der Waals surface area contributed by atoms with Crippen molar-refractivity contribution in [2.45, 2.75) is 26.8 Å². The Kier molecular flexibility index (Phi) is 3.47. The van der Waals surface area contributed by atoms with Crippen molar-refractivity contribution in [1.29, 1.82) is 0 Å². The minimum Gasteiger partial charge on any atom is -0.369 e. The highest BCUT2D eigenvalue weighted by molar-refractivity contribution is 5.25. The summed E-state index contributed by atoms with van der Waals surface area (Å²) in [5.74, 6) is 1.27. The lowest BCUT2D eigenvalue weighted by Crippen LogP contribution is -2.03. The fourth-order valence-corrected chi connectivity index (χ4v) is 1.92. The van der Waals surface area contributed by atoms with Gasteiger partial charge in [0.15, 0.2) is 5.95 Å². The maximum Gasteiger partial charge on any atom is 0.200 e. The Labute approximate surface area is 102 Å². The van der Waals surface area contributed by atoms with Gasteiger partial charge in [-0.05, 0) is 23.5 Å². The highest BCUT2D eigenvalue weighted by atomic mass is 15.1. The molecule has 0 fully saturated rings. The molecule has 3 nitrogen and oxygen atoms in total. The van der Waals surface area contributed by atoms with Gasteiger partial charge in [0, 0.05) is 12.4 Å². The van der Waals surface area contributed by atoms with Crippen LogP contribution >= 0.6 is 0 Å². The van der Waals surface area contributed by atoms with Gasteiger partial charge in [0.05, 0.1) is 6.54 Å². The first-order valence-electron chi connectivity index (χ1n) is 5.99. The van der Waals surface area contributed by atoms with E-state index in [1.165, 1.54) is 11.1 Å². The minimum atomic E-state index is 0.566. The highest BCUT2D eigenvalue weighted by Crippen LogP contribution is 2.11. The molecule has 0 aliphatic rings. The SMILES string of the molecule is CC(C)Cc1ccc(Cn2ccnc2N)cc1. The van der Waals surface area contributed by atoms with Crippen LogP contribution in [0.15, 0.2) is 36.7 Å². The van der Waals surface area contributed by atoms with Gasteiger partial charge in [-0.3, -0.25) is 0 Å². The van der Waals surface area contributed by atoms with Gasteiger partial charge in [0.1, 0.15) is 0 Å². The number of nitrogen functional groups attached to an aromatic ring is 1. The largest absolute Gasteiger partial charge is 0.369 e. The molecule has 1 heterocycles. The number of hydrogen-bond donors (Lipinski definition) is 1. The van der Waals surface area contributed by atoms with E-state index in [-0.39, 0.29) is 0 Å². The zero-order chi connectivity index (χ0) is 12.3. The zero-order valence-electron chi connectivity index (χ0n) is 10.4. The van der Waals surface area contributed by atoms with Crippen LogP contribution in [0.1, 0.15) is 25.0 Å². The lowest BCUT2D eigenvalue weighted by molar-refractivity contribution is 0.647. The van der Waals surface area contributed by atoms with Gasteiger partial charge in [-0.1, -0.05) is 38.1 Å². The van der Waals surface area contributed by atoms with Gasteiger partial charge in [0.25, 0.3) is 0 Å². The van der Waals surface area contributed by atoms with Gasteiger partial charge >= 0.3 is 0 Å². The normalized spacial score (nSPS) is 11.0.